The average Bonchev–Trinajstić information content (AvgIpc) is 3.50. The van der Waals surface area contributed by atoms with E-state index in [2.05, 4.69) is 68.5 Å². The molecule has 0 saturated heterocycles. The lowest BCUT2D eigenvalue weighted by atomic mass is 9.83. The third kappa shape index (κ3) is 3.79. The van der Waals surface area contributed by atoms with Crippen molar-refractivity contribution in [2.45, 2.75) is 12.8 Å². The number of carbonyl (C=O) groups excluding carboxylic acids is 2. The van der Waals surface area contributed by atoms with Gasteiger partial charge in [-0.05, 0) is 70.0 Å². The largest absolute Gasteiger partial charge is 0.338 e. The van der Waals surface area contributed by atoms with Gasteiger partial charge in [-0.15, -0.1) is 0 Å². The van der Waals surface area contributed by atoms with E-state index in [0.717, 1.165) is 58.3 Å². The second kappa shape index (κ2) is 8.72. The maximum Gasteiger partial charge on any atom is 0.146 e. The third-order valence-electron chi connectivity index (χ3n) is 6.26. The molecule has 6 nitrogen and oxygen atoms in total. The Kier molecular flexibility index (Phi) is 5.41. The Morgan fingerprint density at radius 3 is 2.15 bits per heavy atom. The van der Waals surface area contributed by atoms with E-state index in [9.17, 15) is 9.59 Å². The Balaban J connectivity index is 1.32. The Bertz CT molecular complexity index is 1570. The number of H-pyrrole nitrogens is 2. The van der Waals surface area contributed by atoms with E-state index >= 15 is 0 Å². The van der Waals surface area contributed by atoms with Gasteiger partial charge in [0.2, 0.25) is 0 Å². The number of rotatable bonds is 6. The maximum absolute atomic E-state index is 10.8. The van der Waals surface area contributed by atoms with Gasteiger partial charge in [0, 0.05) is 17.2 Å². The molecule has 2 aromatic heterocycles. The number of hydrogen-bond acceptors (Lipinski definition) is 4. The second-order valence-corrected chi connectivity index (χ2v) is 10.2. The van der Waals surface area contributed by atoms with E-state index in [1.807, 2.05) is 6.07 Å². The van der Waals surface area contributed by atoms with Crippen molar-refractivity contribution in [1.82, 2.24) is 19.9 Å². The van der Waals surface area contributed by atoms with Crippen LogP contribution in [0.4, 0.5) is 0 Å². The molecule has 34 heavy (non-hydrogen) atoms. The zero-order valence-electron chi connectivity index (χ0n) is 18.1. The highest BCUT2D eigenvalue weighted by Gasteiger charge is 2.18. The lowest BCUT2D eigenvalue weighted by Gasteiger charge is -2.21. The highest BCUT2D eigenvalue weighted by Crippen LogP contribution is 2.38. The summed E-state index contributed by atoms with van der Waals surface area (Å²) in [4.78, 5) is 36.9. The first-order chi connectivity index (χ1) is 16.7. The number of hydrogen-bond donors (Lipinski definition) is 2. The predicted molar refractivity (Wildman–Crippen MR) is 141 cm³/mol. The Morgan fingerprint density at radius 2 is 1.38 bits per heavy atom. The number of imidazole rings is 2. The summed E-state index contributed by atoms with van der Waals surface area (Å²) in [5.74, 6) is 0. The van der Waals surface area contributed by atoms with Crippen LogP contribution < -0.4 is 11.1 Å². The molecule has 0 amide bonds. The van der Waals surface area contributed by atoms with Crippen LogP contribution in [0.3, 0.4) is 0 Å². The van der Waals surface area contributed by atoms with Crippen LogP contribution in [0.1, 0.15) is 11.1 Å². The SMILES string of the molecule is O=CPc1ncc(-c2ccc3c(c2)CCc2cc(-c4ccc5nc(PC=O)[nH]c5c4)ccc2-3)[nH]1. The molecule has 166 valence electrons. The molecule has 0 fully saturated rings. The first-order valence-electron chi connectivity index (χ1n) is 10.9. The quantitative estimate of drug-likeness (QED) is 0.278. The highest BCUT2D eigenvalue weighted by molar-refractivity contribution is 7.62. The molecule has 5 aromatic rings. The van der Waals surface area contributed by atoms with Gasteiger partial charge in [0.15, 0.2) is 0 Å². The first-order valence-corrected chi connectivity index (χ1v) is 13.1. The number of aromatic amines is 2. The van der Waals surface area contributed by atoms with Gasteiger partial charge in [0.05, 0.1) is 22.9 Å². The van der Waals surface area contributed by atoms with Crippen molar-refractivity contribution in [2.24, 2.45) is 0 Å². The van der Waals surface area contributed by atoms with Crippen LogP contribution in [0.25, 0.3) is 44.5 Å². The van der Waals surface area contributed by atoms with E-state index in [4.69, 9.17) is 0 Å². The smallest absolute Gasteiger partial charge is 0.146 e. The number of carbonyl (C=O) groups is 2. The zero-order valence-corrected chi connectivity index (χ0v) is 20.1. The molecule has 1 aliphatic carbocycles. The molecular formula is C26H20N4O2P2. The average molecular weight is 482 g/mol. The number of benzene rings is 3. The van der Waals surface area contributed by atoms with Crippen LogP contribution in [-0.2, 0) is 22.4 Å². The van der Waals surface area contributed by atoms with Crippen molar-refractivity contribution < 1.29 is 9.59 Å². The maximum atomic E-state index is 10.8. The molecule has 1 aliphatic rings. The van der Waals surface area contributed by atoms with Crippen molar-refractivity contribution in [3.8, 4) is 33.5 Å². The summed E-state index contributed by atoms with van der Waals surface area (Å²) in [5.41, 5.74) is 12.8. The fourth-order valence-electron chi connectivity index (χ4n) is 4.65. The number of nitrogens with one attached hydrogen (secondary N) is 2. The van der Waals surface area contributed by atoms with E-state index in [0.29, 0.717) is 5.57 Å². The Labute approximate surface area is 199 Å². The van der Waals surface area contributed by atoms with Crippen molar-refractivity contribution in [3.63, 3.8) is 0 Å². The minimum atomic E-state index is 0.0446. The Hall–Kier alpha value is -3.46. The standard InChI is InChI=1S/C26H20N4O2P2/c31-13-33-25-27-12-24(30-25)19-4-7-21-18(10-19)2-1-17-9-15(3-6-20(17)21)16-5-8-22-23(11-16)29-26(28-22)34-14-32/h3-14,33-34H,1-2H2,(H,27,30)(H,28,29). The normalized spacial score (nSPS) is 13.1. The summed E-state index contributed by atoms with van der Waals surface area (Å²) < 4.78 is 0. The molecule has 3 aromatic carbocycles. The van der Waals surface area contributed by atoms with Crippen molar-refractivity contribution in [2.75, 3.05) is 0 Å². The fraction of sp³-hybridized carbons (Fsp3) is 0.0769. The predicted octanol–water partition coefficient (Wildman–Crippen LogP) is 4.37. The van der Waals surface area contributed by atoms with Crippen LogP contribution in [0.2, 0.25) is 0 Å². The minimum absolute atomic E-state index is 0.0446. The molecule has 6 rings (SSSR count). The van der Waals surface area contributed by atoms with Crippen LogP contribution in [0, 0.1) is 0 Å². The van der Waals surface area contributed by atoms with Gasteiger partial charge in [0.1, 0.15) is 23.2 Å². The van der Waals surface area contributed by atoms with Gasteiger partial charge in [-0.25, -0.2) is 9.97 Å². The van der Waals surface area contributed by atoms with Crippen molar-refractivity contribution in [1.29, 1.82) is 0 Å². The van der Waals surface area contributed by atoms with Crippen LogP contribution >= 0.6 is 17.2 Å². The van der Waals surface area contributed by atoms with E-state index in [1.165, 1.54) is 27.8 Å². The molecule has 2 unspecified atom stereocenters. The summed E-state index contributed by atoms with van der Waals surface area (Å²) in [6.45, 7) is 0. The highest BCUT2D eigenvalue weighted by atomic mass is 31.1. The minimum Gasteiger partial charge on any atom is -0.338 e. The molecular weight excluding hydrogens is 462 g/mol. The molecule has 0 bridgehead atoms. The lowest BCUT2D eigenvalue weighted by molar-refractivity contribution is 0.569. The first kappa shape index (κ1) is 21.1. The number of fused-ring (bicyclic) bond motifs is 4. The summed E-state index contributed by atoms with van der Waals surface area (Å²) in [7, 11) is 0.0952. The number of aryl methyl sites for hydroxylation is 2. The molecule has 2 N–H and O–H groups in total. The van der Waals surface area contributed by atoms with Gasteiger partial charge in [0.25, 0.3) is 0 Å². The van der Waals surface area contributed by atoms with Crippen molar-refractivity contribution >= 4 is 51.4 Å². The van der Waals surface area contributed by atoms with Gasteiger partial charge in [-0.1, -0.05) is 36.4 Å². The molecule has 2 heterocycles. The summed E-state index contributed by atoms with van der Waals surface area (Å²) >= 11 is 0. The topological polar surface area (TPSA) is 91.5 Å². The van der Waals surface area contributed by atoms with Crippen LogP contribution in [0.5, 0.6) is 0 Å². The number of nitrogens with zero attached hydrogens (tertiary/aromatic N) is 2. The summed E-state index contributed by atoms with van der Waals surface area (Å²) in [6.07, 6.45) is 3.76. The summed E-state index contributed by atoms with van der Waals surface area (Å²) in [6, 6.07) is 21.2. The zero-order chi connectivity index (χ0) is 23.1. The van der Waals surface area contributed by atoms with E-state index in [1.54, 1.807) is 6.20 Å². The third-order valence-corrected chi connectivity index (χ3v) is 7.53. The van der Waals surface area contributed by atoms with Gasteiger partial charge < -0.3 is 9.97 Å². The van der Waals surface area contributed by atoms with E-state index < -0.39 is 0 Å². The lowest BCUT2D eigenvalue weighted by Crippen LogP contribution is -2.04. The van der Waals surface area contributed by atoms with Gasteiger partial charge in [-0.2, -0.15) is 0 Å². The fourth-order valence-corrected chi connectivity index (χ4v) is 5.61. The molecule has 0 spiro atoms. The van der Waals surface area contributed by atoms with Crippen LogP contribution in [0.15, 0.2) is 60.8 Å². The van der Waals surface area contributed by atoms with Crippen molar-refractivity contribution in [3.05, 3.63) is 71.9 Å². The van der Waals surface area contributed by atoms with Gasteiger partial charge in [-0.3, -0.25) is 9.59 Å². The number of aromatic nitrogens is 4. The molecule has 8 heteroatoms. The molecule has 0 radical (unpaired) electrons. The van der Waals surface area contributed by atoms with Gasteiger partial charge >= 0.3 is 0 Å². The van der Waals surface area contributed by atoms with E-state index in [-0.39, 0.29) is 17.2 Å². The summed E-state index contributed by atoms with van der Waals surface area (Å²) in [5, 5.41) is 0. The Morgan fingerprint density at radius 1 is 0.735 bits per heavy atom. The van der Waals surface area contributed by atoms with Crippen LogP contribution in [-0.4, -0.2) is 32.0 Å². The second-order valence-electron chi connectivity index (χ2n) is 8.23. The monoisotopic (exact) mass is 482 g/mol. The molecule has 0 aliphatic heterocycles. The molecule has 2 atom stereocenters. The molecule has 0 saturated carbocycles.